The van der Waals surface area contributed by atoms with Crippen LogP contribution in [0.2, 0.25) is 0 Å². The van der Waals surface area contributed by atoms with Gasteiger partial charge in [0.1, 0.15) is 22.1 Å². The molecule has 4 nitrogen and oxygen atoms in total. The number of Topliss-reactive ketones (excluding diaryl/α,β-unsaturated/α-hetero) is 1. The van der Waals surface area contributed by atoms with E-state index < -0.39 is 5.60 Å². The molecule has 0 aliphatic carbocycles. The zero-order valence-corrected chi connectivity index (χ0v) is 12.4. The van der Waals surface area contributed by atoms with E-state index in [1.807, 2.05) is 6.07 Å². The number of ketones is 1. The Kier molecular flexibility index (Phi) is 3.38. The van der Waals surface area contributed by atoms with Gasteiger partial charge < -0.3 is 9.47 Å². The van der Waals surface area contributed by atoms with Gasteiger partial charge in [0.15, 0.2) is 5.60 Å². The molecule has 0 N–H and O–H groups in total. The molecule has 1 heterocycles. The maximum atomic E-state index is 12.0. The highest BCUT2D eigenvalue weighted by Crippen LogP contribution is 2.40. The normalized spacial score (nSPS) is 17.1. The van der Waals surface area contributed by atoms with Gasteiger partial charge in [0.05, 0.1) is 12.7 Å². The monoisotopic (exact) mass is 321 g/mol. The van der Waals surface area contributed by atoms with Crippen LogP contribution in [-0.4, -0.2) is 18.5 Å². The number of carbonyl (C=O) groups excluding carboxylic acids is 1. The number of nitriles is 1. The summed E-state index contributed by atoms with van der Waals surface area (Å²) in [6.07, 6.45) is 0. The Hall–Kier alpha value is -1.80. The highest BCUT2D eigenvalue weighted by molar-refractivity contribution is 9.12. The van der Waals surface area contributed by atoms with Gasteiger partial charge in [0, 0.05) is 5.56 Å². The first kappa shape index (κ1) is 13.6. The van der Waals surface area contributed by atoms with Gasteiger partial charge in [0.25, 0.3) is 0 Å². The number of carbonyl (C=O) groups is 1. The molecule has 0 aromatic heterocycles. The highest BCUT2D eigenvalue weighted by Gasteiger charge is 2.41. The van der Waals surface area contributed by atoms with E-state index in [4.69, 9.17) is 14.7 Å². The predicted molar refractivity (Wildman–Crippen MR) is 73.7 cm³/mol. The summed E-state index contributed by atoms with van der Waals surface area (Å²) in [5.74, 6) is 0.817. The number of benzene rings is 1. The SMILES string of the molecule is COc1cc(C2=C(Br)C(=O)C(C)(C)O2)ccc1C#N. The average molecular weight is 322 g/mol. The van der Waals surface area contributed by atoms with Crippen molar-refractivity contribution in [2.75, 3.05) is 7.11 Å². The van der Waals surface area contributed by atoms with Gasteiger partial charge in [-0.2, -0.15) is 5.26 Å². The van der Waals surface area contributed by atoms with Gasteiger partial charge in [0.2, 0.25) is 5.78 Å². The van der Waals surface area contributed by atoms with Crippen LogP contribution in [0, 0.1) is 11.3 Å². The molecule has 19 heavy (non-hydrogen) atoms. The molecule has 0 spiro atoms. The van der Waals surface area contributed by atoms with Crippen LogP contribution in [0.25, 0.3) is 5.76 Å². The minimum Gasteiger partial charge on any atom is -0.495 e. The maximum Gasteiger partial charge on any atom is 0.216 e. The van der Waals surface area contributed by atoms with E-state index in [-0.39, 0.29) is 5.78 Å². The smallest absolute Gasteiger partial charge is 0.216 e. The lowest BCUT2D eigenvalue weighted by Gasteiger charge is -2.18. The summed E-state index contributed by atoms with van der Waals surface area (Å²) >= 11 is 3.26. The average Bonchev–Trinajstić information content (AvgIpc) is 2.61. The van der Waals surface area contributed by atoms with Crippen molar-refractivity contribution in [2.24, 2.45) is 0 Å². The minimum atomic E-state index is -0.880. The van der Waals surface area contributed by atoms with E-state index in [0.717, 1.165) is 0 Å². The number of hydrogen-bond acceptors (Lipinski definition) is 4. The molecule has 0 amide bonds. The molecule has 0 unspecified atom stereocenters. The third-order valence-electron chi connectivity index (χ3n) is 2.89. The van der Waals surface area contributed by atoms with E-state index in [1.54, 1.807) is 32.0 Å². The quantitative estimate of drug-likeness (QED) is 0.840. The molecule has 2 rings (SSSR count). The van der Waals surface area contributed by atoms with Crippen molar-refractivity contribution in [3.05, 3.63) is 33.8 Å². The fourth-order valence-corrected chi connectivity index (χ4v) is 2.61. The molecular weight excluding hydrogens is 310 g/mol. The van der Waals surface area contributed by atoms with Crippen LogP contribution >= 0.6 is 15.9 Å². The molecule has 0 bridgehead atoms. The largest absolute Gasteiger partial charge is 0.495 e. The summed E-state index contributed by atoms with van der Waals surface area (Å²) in [5.41, 5.74) is 0.253. The predicted octanol–water partition coefficient (Wildman–Crippen LogP) is 3.01. The first-order valence-corrected chi connectivity index (χ1v) is 6.42. The van der Waals surface area contributed by atoms with Crippen molar-refractivity contribution in [1.82, 2.24) is 0 Å². The maximum absolute atomic E-state index is 12.0. The highest BCUT2D eigenvalue weighted by atomic mass is 79.9. The fraction of sp³-hybridized carbons (Fsp3) is 0.286. The van der Waals surface area contributed by atoms with Gasteiger partial charge in [-0.15, -0.1) is 0 Å². The van der Waals surface area contributed by atoms with Crippen LogP contribution in [0.4, 0.5) is 0 Å². The molecule has 1 aliphatic heterocycles. The Morgan fingerprint density at radius 3 is 2.58 bits per heavy atom. The molecule has 0 radical (unpaired) electrons. The number of halogens is 1. The summed E-state index contributed by atoms with van der Waals surface area (Å²) in [7, 11) is 1.49. The molecule has 1 aromatic rings. The standard InChI is InChI=1S/C14H12BrNO3/c1-14(2)13(17)11(15)12(19-14)8-4-5-9(7-16)10(6-8)18-3/h4-6H,1-3H3. The van der Waals surface area contributed by atoms with Crippen LogP contribution in [-0.2, 0) is 9.53 Å². The lowest BCUT2D eigenvalue weighted by Crippen LogP contribution is -2.28. The van der Waals surface area contributed by atoms with E-state index in [1.165, 1.54) is 7.11 Å². The van der Waals surface area contributed by atoms with Crippen LogP contribution in [0.1, 0.15) is 25.0 Å². The topological polar surface area (TPSA) is 59.3 Å². The van der Waals surface area contributed by atoms with Crippen molar-refractivity contribution >= 4 is 27.5 Å². The Morgan fingerprint density at radius 1 is 1.42 bits per heavy atom. The summed E-state index contributed by atoms with van der Waals surface area (Å²) in [4.78, 5) is 12.0. The van der Waals surface area contributed by atoms with Gasteiger partial charge in [-0.25, -0.2) is 0 Å². The summed E-state index contributed by atoms with van der Waals surface area (Å²) in [6, 6.07) is 7.09. The van der Waals surface area contributed by atoms with Crippen LogP contribution in [0.3, 0.4) is 0 Å². The van der Waals surface area contributed by atoms with Gasteiger partial charge in [-0.3, -0.25) is 4.79 Å². The molecule has 0 atom stereocenters. The number of hydrogen-bond donors (Lipinski definition) is 0. The molecule has 1 aliphatic rings. The zero-order valence-electron chi connectivity index (χ0n) is 10.8. The van der Waals surface area contributed by atoms with E-state index >= 15 is 0 Å². The van der Waals surface area contributed by atoms with Crippen LogP contribution < -0.4 is 4.74 Å². The second-order valence-corrected chi connectivity index (χ2v) is 5.40. The zero-order chi connectivity index (χ0) is 14.2. The summed E-state index contributed by atoms with van der Waals surface area (Å²) in [5, 5.41) is 8.95. The molecule has 98 valence electrons. The Bertz CT molecular complexity index is 626. The van der Waals surface area contributed by atoms with Crippen molar-refractivity contribution < 1.29 is 14.3 Å². The van der Waals surface area contributed by atoms with Crippen LogP contribution in [0.15, 0.2) is 22.7 Å². The second kappa shape index (κ2) is 4.71. The molecular formula is C14H12BrNO3. The number of ether oxygens (including phenoxy) is 2. The summed E-state index contributed by atoms with van der Waals surface area (Å²) in [6.45, 7) is 3.43. The molecule has 0 saturated heterocycles. The summed E-state index contributed by atoms with van der Waals surface area (Å²) < 4.78 is 11.2. The molecule has 5 heteroatoms. The van der Waals surface area contributed by atoms with Gasteiger partial charge in [-0.1, -0.05) is 0 Å². The Morgan fingerprint density at radius 2 is 2.11 bits per heavy atom. The van der Waals surface area contributed by atoms with E-state index in [9.17, 15) is 4.79 Å². The molecule has 0 saturated carbocycles. The van der Waals surface area contributed by atoms with Gasteiger partial charge in [-0.05, 0) is 48.0 Å². The molecule has 1 aromatic carbocycles. The van der Waals surface area contributed by atoms with E-state index in [2.05, 4.69) is 15.9 Å². The lowest BCUT2D eigenvalue weighted by atomic mass is 10.1. The second-order valence-electron chi connectivity index (χ2n) is 4.61. The van der Waals surface area contributed by atoms with Crippen molar-refractivity contribution in [3.8, 4) is 11.8 Å². The van der Waals surface area contributed by atoms with Gasteiger partial charge >= 0.3 is 0 Å². The molecule has 0 fully saturated rings. The minimum absolute atomic E-state index is 0.106. The first-order chi connectivity index (χ1) is 8.90. The lowest BCUT2D eigenvalue weighted by molar-refractivity contribution is -0.125. The van der Waals surface area contributed by atoms with Crippen molar-refractivity contribution in [3.63, 3.8) is 0 Å². The number of rotatable bonds is 2. The van der Waals surface area contributed by atoms with Crippen LogP contribution in [0.5, 0.6) is 5.75 Å². The van der Waals surface area contributed by atoms with E-state index in [0.29, 0.717) is 27.1 Å². The third-order valence-corrected chi connectivity index (χ3v) is 3.61. The van der Waals surface area contributed by atoms with Crippen molar-refractivity contribution in [1.29, 1.82) is 5.26 Å². The fourth-order valence-electron chi connectivity index (χ4n) is 1.82. The first-order valence-electron chi connectivity index (χ1n) is 5.63. The third kappa shape index (κ3) is 2.24. The number of nitrogens with zero attached hydrogens (tertiary/aromatic N) is 1. The number of methoxy groups -OCH3 is 1. The van der Waals surface area contributed by atoms with Crippen molar-refractivity contribution in [2.45, 2.75) is 19.4 Å². The Labute approximate surface area is 119 Å². The Balaban J connectivity index is 2.50.